The lowest BCUT2D eigenvalue weighted by Crippen LogP contribution is -2.26. The molecule has 0 N–H and O–H groups in total. The number of fused-ring (bicyclic) bond motifs is 1. The number of benzene rings is 2. The van der Waals surface area contributed by atoms with Crippen LogP contribution in [-0.4, -0.2) is 24.9 Å². The molecule has 0 radical (unpaired) electrons. The molecule has 2 aromatic carbocycles. The molecular weight excluding hydrogens is 428 g/mol. The van der Waals surface area contributed by atoms with E-state index >= 15 is 0 Å². The number of ether oxygens (including phenoxy) is 2. The molecule has 0 saturated heterocycles. The molecule has 0 saturated carbocycles. The number of unbranched alkanes of at least 4 members (excludes halogenated alkanes) is 3. The second-order valence-corrected chi connectivity index (χ2v) is 10.3. The van der Waals surface area contributed by atoms with Gasteiger partial charge in [-0.2, -0.15) is 0 Å². The highest BCUT2D eigenvalue weighted by molar-refractivity contribution is 7.99. The van der Waals surface area contributed by atoms with Gasteiger partial charge in [0.05, 0.1) is 19.6 Å². The number of rotatable bonds is 9. The van der Waals surface area contributed by atoms with Crippen molar-refractivity contribution in [2.75, 3.05) is 19.0 Å². The molecule has 0 unspecified atom stereocenters. The third-order valence-corrected chi connectivity index (χ3v) is 7.14. The van der Waals surface area contributed by atoms with Crippen LogP contribution in [-0.2, 0) is 21.4 Å². The fraction of sp³-hybridized carbons (Fsp3) is 0.483. The fourth-order valence-corrected chi connectivity index (χ4v) is 4.94. The lowest BCUT2D eigenvalue weighted by molar-refractivity contribution is -0.142. The second kappa shape index (κ2) is 12.2. The Morgan fingerprint density at radius 3 is 2.61 bits per heavy atom. The minimum Gasteiger partial charge on any atom is -0.493 e. The van der Waals surface area contributed by atoms with Crippen molar-refractivity contribution in [1.82, 2.24) is 0 Å². The predicted octanol–water partition coefficient (Wildman–Crippen LogP) is 6.92. The van der Waals surface area contributed by atoms with Crippen molar-refractivity contribution in [1.29, 1.82) is 0 Å². The molecule has 1 aliphatic heterocycles. The predicted molar refractivity (Wildman–Crippen MR) is 137 cm³/mol. The molecule has 0 fully saturated rings. The summed E-state index contributed by atoms with van der Waals surface area (Å²) in [5.41, 5.74) is 4.29. The average molecular weight is 465 g/mol. The van der Waals surface area contributed by atoms with E-state index in [1.807, 2.05) is 43.0 Å². The molecule has 0 aromatic heterocycles. The number of carbonyl (C=O) groups is 1. The van der Waals surface area contributed by atoms with E-state index < -0.39 is 0 Å². The summed E-state index contributed by atoms with van der Waals surface area (Å²) in [6, 6.07) is 12.3. The minimum atomic E-state index is -0.198. The molecule has 33 heavy (non-hydrogen) atoms. The lowest BCUT2D eigenvalue weighted by atomic mass is 9.79. The van der Waals surface area contributed by atoms with E-state index in [1.165, 1.54) is 36.1 Å². The summed E-state index contributed by atoms with van der Waals surface area (Å²) >= 11 is 1.89. The Morgan fingerprint density at radius 1 is 1.09 bits per heavy atom. The van der Waals surface area contributed by atoms with Crippen molar-refractivity contribution in [3.8, 4) is 17.6 Å². The Labute approximate surface area is 203 Å². The van der Waals surface area contributed by atoms with Crippen LogP contribution in [0.1, 0.15) is 82.1 Å². The van der Waals surface area contributed by atoms with Gasteiger partial charge in [0.25, 0.3) is 0 Å². The maximum absolute atomic E-state index is 11.7. The number of esters is 1. The van der Waals surface area contributed by atoms with Crippen LogP contribution in [0.5, 0.6) is 5.75 Å². The van der Waals surface area contributed by atoms with E-state index in [0.29, 0.717) is 13.0 Å². The molecule has 176 valence electrons. The van der Waals surface area contributed by atoms with Crippen LogP contribution >= 0.6 is 11.8 Å². The molecule has 0 bridgehead atoms. The Hall–Kier alpha value is -2.38. The van der Waals surface area contributed by atoms with Gasteiger partial charge in [-0.15, -0.1) is 11.8 Å². The number of carbonyl (C=O) groups excluding carboxylic acids is 1. The van der Waals surface area contributed by atoms with Crippen molar-refractivity contribution >= 4 is 17.7 Å². The van der Waals surface area contributed by atoms with E-state index in [0.717, 1.165) is 41.2 Å². The first kappa shape index (κ1) is 25.2. The summed E-state index contributed by atoms with van der Waals surface area (Å²) in [5, 5.41) is 0. The van der Waals surface area contributed by atoms with Crippen LogP contribution in [0, 0.1) is 11.8 Å². The molecule has 0 aliphatic carbocycles. The van der Waals surface area contributed by atoms with Crippen LogP contribution in [0.25, 0.3) is 0 Å². The molecule has 0 amide bonds. The van der Waals surface area contributed by atoms with Crippen molar-refractivity contribution in [3.63, 3.8) is 0 Å². The van der Waals surface area contributed by atoms with Gasteiger partial charge in [-0.3, -0.25) is 4.79 Å². The van der Waals surface area contributed by atoms with E-state index in [-0.39, 0.29) is 11.4 Å². The maximum atomic E-state index is 11.7. The van der Waals surface area contributed by atoms with Gasteiger partial charge in [-0.25, -0.2) is 0 Å². The zero-order valence-electron chi connectivity index (χ0n) is 20.5. The van der Waals surface area contributed by atoms with E-state index in [4.69, 9.17) is 9.47 Å². The summed E-state index contributed by atoms with van der Waals surface area (Å²) in [6.07, 6.45) is 6.34. The average Bonchev–Trinajstić information content (AvgIpc) is 2.78. The molecule has 0 spiro atoms. The van der Waals surface area contributed by atoms with Gasteiger partial charge in [0, 0.05) is 21.6 Å². The smallest absolute Gasteiger partial charge is 0.310 e. The fourth-order valence-electron chi connectivity index (χ4n) is 3.91. The Kier molecular flexibility index (Phi) is 9.32. The molecule has 3 nitrogen and oxygen atoms in total. The number of hydrogen-bond acceptors (Lipinski definition) is 4. The van der Waals surface area contributed by atoms with E-state index in [2.05, 4.69) is 44.7 Å². The monoisotopic (exact) mass is 464 g/mol. The minimum absolute atomic E-state index is 0.0864. The van der Waals surface area contributed by atoms with Gasteiger partial charge in [0.2, 0.25) is 0 Å². The topological polar surface area (TPSA) is 35.5 Å². The molecule has 1 heterocycles. The molecule has 2 aromatic rings. The Balaban J connectivity index is 1.82. The van der Waals surface area contributed by atoms with Gasteiger partial charge >= 0.3 is 5.97 Å². The van der Waals surface area contributed by atoms with Gasteiger partial charge in [0.15, 0.2) is 0 Å². The first-order valence-electron chi connectivity index (χ1n) is 12.1. The van der Waals surface area contributed by atoms with E-state index in [9.17, 15) is 4.79 Å². The standard InChI is InChI=1S/C29H36O3S/c1-5-7-8-9-18-33-27-21-26-25(29(3,4)16-17-32-26)20-24(27)15-14-22-10-12-23(13-11-22)19-28(30)31-6-2/h10-13,20-21H,5-9,16-19H2,1-4H3. The van der Waals surface area contributed by atoms with Gasteiger partial charge in [0.1, 0.15) is 5.75 Å². The second-order valence-electron chi connectivity index (χ2n) is 9.16. The first-order chi connectivity index (χ1) is 15.9. The quantitative estimate of drug-likeness (QED) is 0.175. The Morgan fingerprint density at radius 2 is 1.88 bits per heavy atom. The highest BCUT2D eigenvalue weighted by atomic mass is 32.2. The zero-order valence-corrected chi connectivity index (χ0v) is 21.3. The van der Waals surface area contributed by atoms with Crippen molar-refractivity contribution in [2.45, 2.75) is 76.5 Å². The third kappa shape index (κ3) is 7.30. The SMILES string of the molecule is CCCCCCSc1cc2c(cc1C#Cc1ccc(CC(=O)OCC)cc1)C(C)(C)CCO2. The van der Waals surface area contributed by atoms with Gasteiger partial charge < -0.3 is 9.47 Å². The van der Waals surface area contributed by atoms with E-state index in [1.54, 1.807) is 0 Å². The van der Waals surface area contributed by atoms with Crippen LogP contribution < -0.4 is 4.74 Å². The zero-order chi connectivity index (χ0) is 23.7. The largest absolute Gasteiger partial charge is 0.493 e. The Bertz CT molecular complexity index is 996. The molecule has 0 atom stereocenters. The normalized spacial score (nSPS) is 13.9. The maximum Gasteiger partial charge on any atom is 0.310 e. The summed E-state index contributed by atoms with van der Waals surface area (Å²) < 4.78 is 11.1. The first-order valence-corrected chi connectivity index (χ1v) is 13.1. The number of hydrogen-bond donors (Lipinski definition) is 0. The highest BCUT2D eigenvalue weighted by Gasteiger charge is 2.29. The van der Waals surface area contributed by atoms with Gasteiger partial charge in [-0.05, 0) is 60.8 Å². The molecule has 1 aliphatic rings. The number of thioether (sulfide) groups is 1. The summed E-state index contributed by atoms with van der Waals surface area (Å²) in [7, 11) is 0. The van der Waals surface area contributed by atoms with Gasteiger partial charge in [-0.1, -0.05) is 64.0 Å². The third-order valence-electron chi connectivity index (χ3n) is 6.00. The summed E-state index contributed by atoms with van der Waals surface area (Å²) in [4.78, 5) is 12.9. The molecule has 4 heteroatoms. The summed E-state index contributed by atoms with van der Waals surface area (Å²) in [5.74, 6) is 8.67. The highest BCUT2D eigenvalue weighted by Crippen LogP contribution is 2.41. The van der Waals surface area contributed by atoms with Crippen LogP contribution in [0.15, 0.2) is 41.3 Å². The van der Waals surface area contributed by atoms with Crippen LogP contribution in [0.4, 0.5) is 0 Å². The van der Waals surface area contributed by atoms with Crippen LogP contribution in [0.2, 0.25) is 0 Å². The van der Waals surface area contributed by atoms with Crippen molar-refractivity contribution in [2.24, 2.45) is 0 Å². The lowest BCUT2D eigenvalue weighted by Gasteiger charge is -2.33. The summed E-state index contributed by atoms with van der Waals surface area (Å²) in [6.45, 7) is 9.81. The molecular formula is C29H36O3S. The van der Waals surface area contributed by atoms with Crippen molar-refractivity contribution in [3.05, 3.63) is 58.7 Å². The molecule has 3 rings (SSSR count). The van der Waals surface area contributed by atoms with Crippen molar-refractivity contribution < 1.29 is 14.3 Å². The van der Waals surface area contributed by atoms with Crippen LogP contribution in [0.3, 0.4) is 0 Å².